The molecule has 6 heterocycles. The van der Waals surface area contributed by atoms with Crippen molar-refractivity contribution in [1.29, 1.82) is 0 Å². The summed E-state index contributed by atoms with van der Waals surface area (Å²) in [4.78, 5) is 0. The van der Waals surface area contributed by atoms with Crippen LogP contribution in [0.3, 0.4) is 0 Å². The number of fused-ring (bicyclic) bond motifs is 18. The third-order valence-corrected chi connectivity index (χ3v) is 24.2. The average Bonchev–Trinajstić information content (AvgIpc) is 1.57. The van der Waals surface area contributed by atoms with Crippen LogP contribution in [0.2, 0.25) is 0 Å². The third-order valence-electron chi connectivity index (χ3n) is 24.2. The van der Waals surface area contributed by atoms with E-state index in [4.69, 9.17) is 0 Å². The molecule has 0 atom stereocenters. The van der Waals surface area contributed by atoms with E-state index < -0.39 is 0 Å². The topological polar surface area (TPSA) is 29.6 Å². The molecule has 114 heavy (non-hydrogen) atoms. The molecule has 6 nitrogen and oxygen atoms in total. The first-order valence-corrected chi connectivity index (χ1v) is 39.3. The van der Waals surface area contributed by atoms with Gasteiger partial charge in [-0.15, -0.1) is 0 Å². The van der Waals surface area contributed by atoms with Gasteiger partial charge in [-0.2, -0.15) is 0 Å². The second kappa shape index (κ2) is 25.2. The van der Waals surface area contributed by atoms with Crippen LogP contribution in [0.5, 0.6) is 0 Å². The Morgan fingerprint density at radius 2 is 0.368 bits per heavy atom. The Morgan fingerprint density at radius 3 is 0.825 bits per heavy atom. The summed E-state index contributed by atoms with van der Waals surface area (Å²) in [6.45, 7) is 0. The first-order chi connectivity index (χ1) is 56.5. The summed E-state index contributed by atoms with van der Waals surface area (Å²) < 4.78 is 14.7. The van der Waals surface area contributed by atoms with Crippen LogP contribution in [0.15, 0.2) is 413 Å². The van der Waals surface area contributed by atoms with Crippen molar-refractivity contribution in [1.82, 2.24) is 27.4 Å². The zero-order valence-electron chi connectivity index (χ0n) is 61.9. The van der Waals surface area contributed by atoms with Crippen molar-refractivity contribution in [3.8, 4) is 89.8 Å². The molecule has 6 heteroatoms. The number of rotatable bonds is 11. The number of hydrogen-bond acceptors (Lipinski definition) is 0. The smallest absolute Gasteiger partial charge is 0.0547 e. The van der Waals surface area contributed by atoms with E-state index in [0.717, 1.165) is 89.5 Å². The zero-order chi connectivity index (χ0) is 74.6. The van der Waals surface area contributed by atoms with Gasteiger partial charge in [0.15, 0.2) is 0 Å². The van der Waals surface area contributed by atoms with E-state index in [9.17, 15) is 0 Å². The second-order valence-electron chi connectivity index (χ2n) is 30.3. The van der Waals surface area contributed by atoms with Crippen molar-refractivity contribution in [2.24, 2.45) is 0 Å². The van der Waals surface area contributed by atoms with Gasteiger partial charge in [-0.3, -0.25) is 0 Å². The average molecular weight is 1450 g/mol. The lowest BCUT2D eigenvalue weighted by Gasteiger charge is -2.12. The molecule has 24 aromatic rings. The quantitative estimate of drug-likeness (QED) is 0.124. The van der Waals surface area contributed by atoms with Crippen molar-refractivity contribution < 1.29 is 0 Å². The highest BCUT2D eigenvalue weighted by Gasteiger charge is 2.24. The number of benzene rings is 18. The van der Waals surface area contributed by atoms with Gasteiger partial charge >= 0.3 is 0 Å². The molecule has 530 valence electrons. The van der Waals surface area contributed by atoms with E-state index in [2.05, 4.69) is 440 Å². The van der Waals surface area contributed by atoms with E-state index in [1.807, 2.05) is 0 Å². The molecule has 0 spiro atoms. The minimum atomic E-state index is 1.09. The molecule has 0 aliphatic heterocycles. The molecule has 0 amide bonds. The molecular weight excluding hydrogens is 1380 g/mol. The van der Waals surface area contributed by atoms with Crippen LogP contribution in [-0.2, 0) is 0 Å². The van der Waals surface area contributed by atoms with Crippen LogP contribution in [0, 0.1) is 0 Å². The highest BCUT2D eigenvalue weighted by atomic mass is 15.0. The minimum Gasteiger partial charge on any atom is -0.309 e. The highest BCUT2D eigenvalue weighted by molar-refractivity contribution is 6.19. The summed E-state index contributed by atoms with van der Waals surface area (Å²) in [7, 11) is 0. The molecule has 0 radical (unpaired) electrons. The van der Waals surface area contributed by atoms with Gasteiger partial charge in [0.25, 0.3) is 0 Å². The van der Waals surface area contributed by atoms with E-state index in [1.165, 1.54) is 131 Å². The fourth-order valence-electron chi connectivity index (χ4n) is 19.0. The minimum absolute atomic E-state index is 1.09. The lowest BCUT2D eigenvalue weighted by atomic mass is 9.97. The van der Waals surface area contributed by atoms with Gasteiger partial charge in [0.2, 0.25) is 0 Å². The molecule has 0 N–H and O–H groups in total. The largest absolute Gasteiger partial charge is 0.309 e. The SMILES string of the molecule is c1ccc(-c2ccc(-n3c4ccccc4c4ccc(-c5ccc6c7ccccc7n(-c7ccc8c(c7)c7ccccc7n8-c7ccc(-c8cccc9c8c8ccc(-c%10ccc%11c%12ccccc%12n(-c%12ccccc%12)c%11c%10)cc8n9-c8ccc9c(c8)c8cc(-c%10ccccc%10)ccc8n9-c8ccccc8)cc7)c6c5)cc43)cc2)cc1. The summed E-state index contributed by atoms with van der Waals surface area (Å²) in [6, 6.07) is 153. The number of hydrogen-bond donors (Lipinski definition) is 0. The molecule has 0 aliphatic carbocycles. The summed E-state index contributed by atoms with van der Waals surface area (Å²) in [5, 5.41) is 14.6. The maximum Gasteiger partial charge on any atom is 0.0547 e. The summed E-state index contributed by atoms with van der Waals surface area (Å²) >= 11 is 0. The molecule has 18 aromatic carbocycles. The molecule has 0 bridgehead atoms. The van der Waals surface area contributed by atoms with Gasteiger partial charge in [-0.1, -0.05) is 261 Å². The molecule has 24 rings (SSSR count). The second-order valence-corrected chi connectivity index (χ2v) is 30.3. The lowest BCUT2D eigenvalue weighted by molar-refractivity contribution is 1.16. The summed E-state index contributed by atoms with van der Waals surface area (Å²) in [6.07, 6.45) is 0. The summed E-state index contributed by atoms with van der Waals surface area (Å²) in [5.74, 6) is 0. The van der Waals surface area contributed by atoms with E-state index in [1.54, 1.807) is 0 Å². The van der Waals surface area contributed by atoms with E-state index >= 15 is 0 Å². The lowest BCUT2D eigenvalue weighted by Crippen LogP contribution is -1.96. The van der Waals surface area contributed by atoms with Crippen LogP contribution in [0.4, 0.5) is 0 Å². The number of para-hydroxylation sites is 6. The molecule has 0 fully saturated rings. The molecule has 0 saturated heterocycles. The van der Waals surface area contributed by atoms with Gasteiger partial charge in [-0.05, 0) is 207 Å². The number of nitrogens with zero attached hydrogens (tertiary/aromatic N) is 6. The van der Waals surface area contributed by atoms with Gasteiger partial charge in [0.05, 0.1) is 66.2 Å². The van der Waals surface area contributed by atoms with Crippen molar-refractivity contribution >= 4 is 131 Å². The van der Waals surface area contributed by atoms with Crippen LogP contribution in [0.25, 0.3) is 221 Å². The zero-order valence-corrected chi connectivity index (χ0v) is 61.9. The Labute approximate surface area is 656 Å². The number of aromatic nitrogens is 6. The Kier molecular flexibility index (Phi) is 14.0. The van der Waals surface area contributed by atoms with Gasteiger partial charge in [0.1, 0.15) is 0 Å². The van der Waals surface area contributed by atoms with Gasteiger partial charge in [-0.25, -0.2) is 0 Å². The Morgan fingerprint density at radius 1 is 0.114 bits per heavy atom. The van der Waals surface area contributed by atoms with Crippen LogP contribution in [0.1, 0.15) is 0 Å². The fraction of sp³-hybridized carbons (Fsp3) is 0. The predicted octanol–water partition coefficient (Wildman–Crippen LogP) is 28.6. The Balaban J connectivity index is 0.640. The Hall–Kier alpha value is -15.2. The van der Waals surface area contributed by atoms with Crippen LogP contribution in [-0.4, -0.2) is 27.4 Å². The Bertz CT molecular complexity index is 8050. The first kappa shape index (κ1) is 63.7. The predicted molar refractivity (Wildman–Crippen MR) is 480 cm³/mol. The van der Waals surface area contributed by atoms with Crippen molar-refractivity contribution in [3.05, 3.63) is 413 Å². The first-order valence-electron chi connectivity index (χ1n) is 39.3. The fourth-order valence-corrected chi connectivity index (χ4v) is 19.0. The molecule has 0 unspecified atom stereocenters. The third kappa shape index (κ3) is 9.74. The maximum absolute atomic E-state index is 2.52. The van der Waals surface area contributed by atoms with Crippen LogP contribution >= 0.6 is 0 Å². The molecule has 6 aromatic heterocycles. The standard InChI is InChI=1S/C108H68N6/c1-5-22-69(23-6-1)71-40-49-81(50-41-71)112-97-36-18-14-31-86(97)90-56-44-74(64-105(90)112)76-46-57-91-87-32-15-19-37-98(87)113(106(91)65-76)82-53-60-101-94(67-82)88-33-16-20-38-99(88)110(101)80-51-42-72(43-52-80)84-34-21-39-103-108(84)92-58-47-77(75-45-55-89-85-30-13-17-35-96(85)111(104(89)63-75)79-28-11-4-12-29-79)66-107(92)114(103)83-54-61-102-95(68-83)93-62-73(70-24-7-2-8-25-70)48-59-100(93)109(102)78-26-9-3-10-27-78/h1-68H. The van der Waals surface area contributed by atoms with Crippen molar-refractivity contribution in [3.63, 3.8) is 0 Å². The normalized spacial score (nSPS) is 12.0. The summed E-state index contributed by atoms with van der Waals surface area (Å²) in [5.41, 5.74) is 32.4. The van der Waals surface area contributed by atoms with Gasteiger partial charge in [0, 0.05) is 98.8 Å². The monoisotopic (exact) mass is 1450 g/mol. The van der Waals surface area contributed by atoms with Crippen LogP contribution < -0.4 is 0 Å². The van der Waals surface area contributed by atoms with Crippen molar-refractivity contribution in [2.45, 2.75) is 0 Å². The maximum atomic E-state index is 2.52. The molecular formula is C108H68N6. The van der Waals surface area contributed by atoms with E-state index in [-0.39, 0.29) is 0 Å². The van der Waals surface area contributed by atoms with E-state index in [0.29, 0.717) is 0 Å². The molecule has 0 aliphatic rings. The molecule has 0 saturated carbocycles. The van der Waals surface area contributed by atoms with Crippen molar-refractivity contribution in [2.75, 3.05) is 0 Å². The van der Waals surface area contributed by atoms with Gasteiger partial charge < -0.3 is 27.4 Å². The highest BCUT2D eigenvalue weighted by Crippen LogP contribution is 2.47.